The summed E-state index contributed by atoms with van der Waals surface area (Å²) in [5, 5.41) is 0. The van der Waals surface area contributed by atoms with Crippen molar-refractivity contribution in [2.75, 3.05) is 4.90 Å². The van der Waals surface area contributed by atoms with Gasteiger partial charge in [0.05, 0.1) is 12.1 Å². The molecule has 0 atom stereocenters. The number of imide groups is 1. The number of carbonyl (C=O) groups excluding carboxylic acids is 2. The van der Waals surface area contributed by atoms with Crippen LogP contribution in [0.2, 0.25) is 0 Å². The van der Waals surface area contributed by atoms with Crippen LogP contribution in [0.4, 0.5) is 5.69 Å². The largest absolute Gasteiger partial charge is 0.274 e. The Morgan fingerprint density at radius 3 is 2.37 bits per heavy atom. The van der Waals surface area contributed by atoms with Crippen molar-refractivity contribution in [1.29, 1.82) is 0 Å². The van der Waals surface area contributed by atoms with E-state index in [0.29, 0.717) is 5.57 Å². The van der Waals surface area contributed by atoms with E-state index in [0.717, 1.165) is 16.8 Å². The number of hydrogen-bond acceptors (Lipinski definition) is 2. The molecule has 0 aromatic heterocycles. The number of amides is 2. The standard InChI is InChI=1S/C16H17NO2/c1-4-5-9-13-10-14(18)17(16(13)19)15-11(2)7-6-8-12(15)3/h4-9H,10H2,1-3H3. The topological polar surface area (TPSA) is 37.4 Å². The molecule has 2 amide bonds. The molecule has 0 aliphatic carbocycles. The molecule has 0 N–H and O–H groups in total. The summed E-state index contributed by atoms with van der Waals surface area (Å²) >= 11 is 0. The highest BCUT2D eigenvalue weighted by atomic mass is 16.2. The average Bonchev–Trinajstić information content (AvgIpc) is 2.63. The van der Waals surface area contributed by atoms with Crippen molar-refractivity contribution < 1.29 is 9.59 Å². The van der Waals surface area contributed by atoms with Crippen LogP contribution in [-0.4, -0.2) is 11.8 Å². The average molecular weight is 255 g/mol. The molecule has 0 radical (unpaired) electrons. The van der Waals surface area contributed by atoms with E-state index in [-0.39, 0.29) is 18.2 Å². The second-order valence-electron chi connectivity index (χ2n) is 4.67. The monoisotopic (exact) mass is 255 g/mol. The molecule has 3 heteroatoms. The first-order chi connectivity index (χ1) is 9.06. The Bertz CT molecular complexity index is 577. The fourth-order valence-electron chi connectivity index (χ4n) is 2.30. The molecule has 0 bridgehead atoms. The number of allylic oxidation sites excluding steroid dienone is 3. The van der Waals surface area contributed by atoms with Crippen molar-refractivity contribution in [1.82, 2.24) is 0 Å². The van der Waals surface area contributed by atoms with Gasteiger partial charge < -0.3 is 0 Å². The van der Waals surface area contributed by atoms with Crippen LogP contribution >= 0.6 is 0 Å². The maximum Gasteiger partial charge on any atom is 0.261 e. The maximum absolute atomic E-state index is 12.3. The van der Waals surface area contributed by atoms with Crippen molar-refractivity contribution in [3.63, 3.8) is 0 Å². The molecule has 1 saturated heterocycles. The smallest absolute Gasteiger partial charge is 0.261 e. The minimum absolute atomic E-state index is 0.154. The second-order valence-corrected chi connectivity index (χ2v) is 4.67. The van der Waals surface area contributed by atoms with Crippen LogP contribution in [-0.2, 0) is 9.59 Å². The number of aryl methyl sites for hydroxylation is 2. The minimum atomic E-state index is -0.208. The van der Waals surface area contributed by atoms with Crippen LogP contribution in [0, 0.1) is 13.8 Å². The molecular weight excluding hydrogens is 238 g/mol. The quantitative estimate of drug-likeness (QED) is 0.601. The lowest BCUT2D eigenvalue weighted by Gasteiger charge is -2.18. The number of carbonyl (C=O) groups is 2. The first kappa shape index (κ1) is 13.3. The SMILES string of the molecule is CC=CC=C1CC(=O)N(c2c(C)cccc2C)C1=O. The number of rotatable bonds is 2. The third-order valence-corrected chi connectivity index (χ3v) is 3.22. The highest BCUT2D eigenvalue weighted by Gasteiger charge is 2.35. The number of nitrogens with zero attached hydrogens (tertiary/aromatic N) is 1. The van der Waals surface area contributed by atoms with Crippen LogP contribution in [0.3, 0.4) is 0 Å². The van der Waals surface area contributed by atoms with Crippen molar-refractivity contribution in [3.05, 3.63) is 53.1 Å². The number of para-hydroxylation sites is 1. The van der Waals surface area contributed by atoms with Gasteiger partial charge in [-0.1, -0.05) is 36.4 Å². The Morgan fingerprint density at radius 2 is 1.79 bits per heavy atom. The summed E-state index contributed by atoms with van der Waals surface area (Å²) in [6.07, 6.45) is 5.52. The van der Waals surface area contributed by atoms with E-state index in [1.165, 1.54) is 4.90 Å². The molecule has 1 aromatic rings. The minimum Gasteiger partial charge on any atom is -0.274 e. The summed E-state index contributed by atoms with van der Waals surface area (Å²) in [4.78, 5) is 25.7. The van der Waals surface area contributed by atoms with E-state index in [1.807, 2.05) is 45.0 Å². The molecule has 1 heterocycles. The summed E-state index contributed by atoms with van der Waals surface area (Å²) in [5.74, 6) is -0.362. The van der Waals surface area contributed by atoms with E-state index in [9.17, 15) is 9.59 Å². The lowest BCUT2D eigenvalue weighted by atomic mass is 10.1. The van der Waals surface area contributed by atoms with Gasteiger partial charge in [-0.25, -0.2) is 4.90 Å². The van der Waals surface area contributed by atoms with E-state index < -0.39 is 0 Å². The van der Waals surface area contributed by atoms with Crippen LogP contribution in [0.5, 0.6) is 0 Å². The predicted octanol–water partition coefficient (Wildman–Crippen LogP) is 3.07. The molecule has 3 nitrogen and oxygen atoms in total. The Balaban J connectivity index is 2.47. The summed E-state index contributed by atoms with van der Waals surface area (Å²) < 4.78 is 0. The number of hydrogen-bond donors (Lipinski definition) is 0. The van der Waals surface area contributed by atoms with E-state index in [1.54, 1.807) is 12.2 Å². The van der Waals surface area contributed by atoms with Crippen LogP contribution in [0.15, 0.2) is 42.0 Å². The summed E-state index contributed by atoms with van der Waals surface area (Å²) in [6, 6.07) is 5.75. The highest BCUT2D eigenvalue weighted by Crippen LogP contribution is 2.31. The van der Waals surface area contributed by atoms with Gasteiger partial charge in [-0.3, -0.25) is 9.59 Å². The lowest BCUT2D eigenvalue weighted by Crippen LogP contribution is -2.30. The maximum atomic E-state index is 12.3. The molecule has 19 heavy (non-hydrogen) atoms. The van der Waals surface area contributed by atoms with Crippen LogP contribution < -0.4 is 4.90 Å². The van der Waals surface area contributed by atoms with Gasteiger partial charge in [0.25, 0.3) is 5.91 Å². The van der Waals surface area contributed by atoms with E-state index >= 15 is 0 Å². The molecule has 1 aliphatic rings. The molecule has 1 fully saturated rings. The Hall–Kier alpha value is -2.16. The third-order valence-electron chi connectivity index (χ3n) is 3.22. The molecule has 0 saturated carbocycles. The fourth-order valence-corrected chi connectivity index (χ4v) is 2.30. The van der Waals surface area contributed by atoms with Gasteiger partial charge in [-0.15, -0.1) is 0 Å². The predicted molar refractivity (Wildman–Crippen MR) is 75.9 cm³/mol. The third kappa shape index (κ3) is 2.36. The van der Waals surface area contributed by atoms with Gasteiger partial charge in [0.2, 0.25) is 5.91 Å². The van der Waals surface area contributed by atoms with Gasteiger partial charge in [0.15, 0.2) is 0 Å². The van der Waals surface area contributed by atoms with Crippen molar-refractivity contribution in [2.24, 2.45) is 0 Å². The van der Waals surface area contributed by atoms with Gasteiger partial charge in [-0.2, -0.15) is 0 Å². The van der Waals surface area contributed by atoms with Gasteiger partial charge in [0, 0.05) is 5.57 Å². The number of benzene rings is 1. The van der Waals surface area contributed by atoms with E-state index in [4.69, 9.17) is 0 Å². The zero-order valence-electron chi connectivity index (χ0n) is 11.4. The molecule has 1 aromatic carbocycles. The van der Waals surface area contributed by atoms with Crippen molar-refractivity contribution in [2.45, 2.75) is 27.2 Å². The first-order valence-corrected chi connectivity index (χ1v) is 6.31. The van der Waals surface area contributed by atoms with Crippen molar-refractivity contribution >= 4 is 17.5 Å². The second kappa shape index (κ2) is 5.22. The summed E-state index contributed by atoms with van der Waals surface area (Å²) in [5.41, 5.74) is 3.15. The van der Waals surface area contributed by atoms with Gasteiger partial charge >= 0.3 is 0 Å². The van der Waals surface area contributed by atoms with E-state index in [2.05, 4.69) is 0 Å². The Morgan fingerprint density at radius 1 is 1.16 bits per heavy atom. The van der Waals surface area contributed by atoms with Gasteiger partial charge in [0.1, 0.15) is 0 Å². The zero-order chi connectivity index (χ0) is 14.0. The molecule has 98 valence electrons. The van der Waals surface area contributed by atoms with Crippen LogP contribution in [0.25, 0.3) is 0 Å². The molecular formula is C16H17NO2. The molecule has 2 rings (SSSR count). The van der Waals surface area contributed by atoms with Gasteiger partial charge in [-0.05, 0) is 31.9 Å². The summed E-state index contributed by atoms with van der Waals surface area (Å²) in [6.45, 7) is 5.70. The molecule has 0 spiro atoms. The Kier molecular flexibility index (Phi) is 3.65. The molecule has 0 unspecified atom stereocenters. The fraction of sp³-hybridized carbons (Fsp3) is 0.250. The number of anilines is 1. The van der Waals surface area contributed by atoms with Crippen LogP contribution in [0.1, 0.15) is 24.5 Å². The normalized spacial score (nSPS) is 18.1. The van der Waals surface area contributed by atoms with Crippen molar-refractivity contribution in [3.8, 4) is 0 Å². The summed E-state index contributed by atoms with van der Waals surface area (Å²) in [7, 11) is 0. The lowest BCUT2D eigenvalue weighted by molar-refractivity contribution is -0.120. The Labute approximate surface area is 113 Å². The highest BCUT2D eigenvalue weighted by molar-refractivity contribution is 6.28. The first-order valence-electron chi connectivity index (χ1n) is 6.31. The zero-order valence-corrected chi connectivity index (χ0v) is 11.4. The molecule has 1 aliphatic heterocycles.